The molecule has 0 saturated carbocycles. The molecule has 2 aromatic heterocycles. The van der Waals surface area contributed by atoms with E-state index in [1.165, 1.54) is 29.5 Å². The Labute approximate surface area is 147 Å². The minimum Gasteiger partial charge on any atom is -0.464 e. The molecule has 0 fully saturated rings. The fourth-order valence-electron chi connectivity index (χ4n) is 4.38. The Hall–Kier alpha value is -1.58. The van der Waals surface area contributed by atoms with Crippen LogP contribution in [-0.2, 0) is 25.8 Å². The van der Waals surface area contributed by atoms with Gasteiger partial charge in [-0.25, -0.2) is 0 Å². The maximum atomic E-state index is 5.67. The number of hydrogen-bond acceptors (Lipinski definition) is 3. The molecule has 2 nitrogen and oxygen atoms in total. The Kier molecular flexibility index (Phi) is 3.36. The van der Waals surface area contributed by atoms with Crippen LogP contribution >= 0.6 is 11.3 Å². The number of thiophene rings is 1. The van der Waals surface area contributed by atoms with E-state index in [2.05, 4.69) is 43.0 Å². The Morgan fingerprint density at radius 2 is 2.17 bits per heavy atom. The fourth-order valence-corrected chi connectivity index (χ4v) is 5.81. The van der Waals surface area contributed by atoms with Gasteiger partial charge >= 0.3 is 0 Å². The Balaban J connectivity index is 1.53. The summed E-state index contributed by atoms with van der Waals surface area (Å²) in [6.07, 6.45) is 5.35. The maximum Gasteiger partial charge on any atom is 0.134 e. The van der Waals surface area contributed by atoms with Crippen molar-refractivity contribution in [1.29, 1.82) is 0 Å². The second kappa shape index (κ2) is 5.47. The lowest BCUT2D eigenvalue weighted by atomic mass is 9.86. The number of rotatable bonds is 2. The van der Waals surface area contributed by atoms with Crippen LogP contribution in [0.1, 0.15) is 46.3 Å². The average molecular weight is 337 g/mol. The molecule has 3 heteroatoms. The van der Waals surface area contributed by atoms with Gasteiger partial charge in [-0.1, -0.05) is 13.8 Å². The molecule has 0 N–H and O–H groups in total. The van der Waals surface area contributed by atoms with Crippen LogP contribution in [0, 0.1) is 5.92 Å². The van der Waals surface area contributed by atoms with Gasteiger partial charge in [0.05, 0.1) is 6.26 Å². The molecule has 5 rings (SSSR count). The molecule has 1 unspecified atom stereocenters. The molecule has 0 spiro atoms. The standard InChI is InChI=1S/C21H23NOS/c1-13(2)7-17-9-16-12-22-5-3-14-8-15-4-6-23-20(15)10-18(14)19(22)11-21(16)24-17/h4,6,8-10,13,19H,3,5,7,11-12H2,1-2H3. The van der Waals surface area contributed by atoms with Crippen LogP contribution in [0.2, 0.25) is 0 Å². The summed E-state index contributed by atoms with van der Waals surface area (Å²) in [7, 11) is 0. The zero-order chi connectivity index (χ0) is 16.3. The molecule has 3 aromatic rings. The van der Waals surface area contributed by atoms with Crippen molar-refractivity contribution in [3.05, 3.63) is 57.0 Å². The zero-order valence-electron chi connectivity index (χ0n) is 14.3. The summed E-state index contributed by atoms with van der Waals surface area (Å²) in [6.45, 7) is 6.92. The first-order chi connectivity index (χ1) is 11.7. The highest BCUT2D eigenvalue weighted by Crippen LogP contribution is 2.42. The van der Waals surface area contributed by atoms with Crippen molar-refractivity contribution in [2.45, 2.75) is 45.7 Å². The van der Waals surface area contributed by atoms with Gasteiger partial charge in [-0.2, -0.15) is 0 Å². The van der Waals surface area contributed by atoms with E-state index in [0.29, 0.717) is 6.04 Å². The minimum absolute atomic E-state index is 0.529. The zero-order valence-corrected chi connectivity index (χ0v) is 15.2. The first-order valence-corrected chi connectivity index (χ1v) is 9.83. The van der Waals surface area contributed by atoms with Gasteiger partial charge in [-0.05, 0) is 59.7 Å². The van der Waals surface area contributed by atoms with Gasteiger partial charge in [0.15, 0.2) is 0 Å². The Morgan fingerprint density at radius 1 is 1.25 bits per heavy atom. The van der Waals surface area contributed by atoms with Crippen LogP contribution < -0.4 is 0 Å². The van der Waals surface area contributed by atoms with Crippen molar-refractivity contribution in [1.82, 2.24) is 4.90 Å². The first kappa shape index (κ1) is 14.7. The second-order valence-electron chi connectivity index (χ2n) is 7.71. The van der Waals surface area contributed by atoms with Crippen LogP contribution in [0.3, 0.4) is 0 Å². The fraction of sp³-hybridized carbons (Fsp3) is 0.429. The largest absolute Gasteiger partial charge is 0.464 e. The van der Waals surface area contributed by atoms with Crippen molar-refractivity contribution in [3.63, 3.8) is 0 Å². The lowest BCUT2D eigenvalue weighted by Crippen LogP contribution is -2.38. The number of fused-ring (bicyclic) bond motifs is 5. The molecule has 0 amide bonds. The lowest BCUT2D eigenvalue weighted by molar-refractivity contribution is 0.163. The van der Waals surface area contributed by atoms with E-state index in [-0.39, 0.29) is 0 Å². The molecule has 124 valence electrons. The highest BCUT2D eigenvalue weighted by atomic mass is 32.1. The summed E-state index contributed by atoms with van der Waals surface area (Å²) in [5, 5.41) is 1.24. The van der Waals surface area contributed by atoms with Crippen molar-refractivity contribution >= 4 is 22.3 Å². The summed E-state index contributed by atoms with van der Waals surface area (Å²) in [4.78, 5) is 5.85. The summed E-state index contributed by atoms with van der Waals surface area (Å²) in [6, 6.07) is 9.73. The molecule has 0 bridgehead atoms. The van der Waals surface area contributed by atoms with E-state index in [4.69, 9.17) is 4.42 Å². The predicted molar refractivity (Wildman–Crippen MR) is 99.6 cm³/mol. The highest BCUT2D eigenvalue weighted by Gasteiger charge is 2.33. The summed E-state index contributed by atoms with van der Waals surface area (Å²) >= 11 is 2.05. The Morgan fingerprint density at radius 3 is 3.04 bits per heavy atom. The van der Waals surface area contributed by atoms with Gasteiger partial charge in [0.2, 0.25) is 0 Å². The number of furan rings is 1. The van der Waals surface area contributed by atoms with Crippen LogP contribution in [0.5, 0.6) is 0 Å². The molecule has 0 aliphatic carbocycles. The van der Waals surface area contributed by atoms with E-state index in [1.54, 1.807) is 15.3 Å². The molecule has 4 heterocycles. The molecule has 2 aliphatic heterocycles. The number of benzene rings is 1. The molecule has 0 saturated heterocycles. The van der Waals surface area contributed by atoms with Crippen LogP contribution in [0.25, 0.3) is 11.0 Å². The highest BCUT2D eigenvalue weighted by molar-refractivity contribution is 7.12. The summed E-state index contributed by atoms with van der Waals surface area (Å²) in [5.74, 6) is 0.737. The third-order valence-electron chi connectivity index (χ3n) is 5.49. The van der Waals surface area contributed by atoms with Gasteiger partial charge in [0.1, 0.15) is 5.58 Å². The summed E-state index contributed by atoms with van der Waals surface area (Å²) in [5.41, 5.74) is 5.63. The molecule has 0 radical (unpaired) electrons. The number of hydrogen-bond donors (Lipinski definition) is 0. The topological polar surface area (TPSA) is 16.4 Å². The maximum absolute atomic E-state index is 5.67. The predicted octanol–water partition coefficient (Wildman–Crippen LogP) is 5.35. The first-order valence-electron chi connectivity index (χ1n) is 9.02. The van der Waals surface area contributed by atoms with Crippen LogP contribution in [-0.4, -0.2) is 11.4 Å². The van der Waals surface area contributed by atoms with Crippen LogP contribution in [0.4, 0.5) is 0 Å². The molecule has 24 heavy (non-hydrogen) atoms. The average Bonchev–Trinajstić information content (AvgIpc) is 3.15. The van der Waals surface area contributed by atoms with Crippen molar-refractivity contribution < 1.29 is 4.42 Å². The molecule has 1 aromatic carbocycles. The quantitative estimate of drug-likeness (QED) is 0.627. The van der Waals surface area contributed by atoms with Crippen molar-refractivity contribution in [3.8, 4) is 0 Å². The normalized spacial score (nSPS) is 20.2. The van der Waals surface area contributed by atoms with Crippen LogP contribution in [0.15, 0.2) is 34.9 Å². The molecular formula is C21H23NOS. The van der Waals surface area contributed by atoms with Gasteiger partial charge in [0, 0.05) is 40.7 Å². The van der Waals surface area contributed by atoms with E-state index < -0.39 is 0 Å². The van der Waals surface area contributed by atoms with E-state index >= 15 is 0 Å². The van der Waals surface area contributed by atoms with E-state index in [9.17, 15) is 0 Å². The minimum atomic E-state index is 0.529. The van der Waals surface area contributed by atoms with Crippen molar-refractivity contribution in [2.24, 2.45) is 5.92 Å². The van der Waals surface area contributed by atoms with Gasteiger partial charge in [-0.15, -0.1) is 11.3 Å². The van der Waals surface area contributed by atoms with Gasteiger partial charge in [-0.3, -0.25) is 4.90 Å². The lowest BCUT2D eigenvalue weighted by Gasteiger charge is -2.40. The molecule has 1 atom stereocenters. The van der Waals surface area contributed by atoms with Gasteiger partial charge < -0.3 is 4.42 Å². The second-order valence-corrected chi connectivity index (χ2v) is 8.93. The van der Waals surface area contributed by atoms with Crippen molar-refractivity contribution in [2.75, 3.05) is 6.54 Å². The third kappa shape index (κ3) is 2.34. The van der Waals surface area contributed by atoms with E-state index in [1.807, 2.05) is 17.6 Å². The van der Waals surface area contributed by atoms with E-state index in [0.717, 1.165) is 30.9 Å². The Bertz CT molecular complexity index is 904. The number of nitrogens with zero attached hydrogens (tertiary/aromatic N) is 1. The smallest absolute Gasteiger partial charge is 0.134 e. The molecule has 2 aliphatic rings. The SMILES string of the molecule is CC(C)Cc1cc2c(s1)CC1c3cc4occc4cc3CCN1C2. The summed E-state index contributed by atoms with van der Waals surface area (Å²) < 4.78 is 5.67. The monoisotopic (exact) mass is 337 g/mol. The third-order valence-corrected chi connectivity index (χ3v) is 6.71. The molecular weight excluding hydrogens is 314 g/mol. The van der Waals surface area contributed by atoms with Gasteiger partial charge in [0.25, 0.3) is 0 Å².